The predicted octanol–water partition coefficient (Wildman–Crippen LogP) is 2.04. The Kier molecular flexibility index (Phi) is 2.74. The second kappa shape index (κ2) is 4.05. The topological polar surface area (TPSA) is 68.0 Å². The molecule has 2 aromatic rings. The summed E-state index contributed by atoms with van der Waals surface area (Å²) < 4.78 is 0.223. The fourth-order valence-corrected chi connectivity index (χ4v) is 1.61. The zero-order valence-corrected chi connectivity index (χ0v) is 9.97. The minimum Gasteiger partial charge on any atom is -0.476 e. The van der Waals surface area contributed by atoms with Gasteiger partial charge in [0.1, 0.15) is 0 Å². The molecule has 16 heavy (non-hydrogen) atoms. The number of hydrogen-bond donors (Lipinski definition) is 1. The van der Waals surface area contributed by atoms with Crippen LogP contribution in [0.3, 0.4) is 0 Å². The summed E-state index contributed by atoms with van der Waals surface area (Å²) in [6.07, 6.45) is 0. The van der Waals surface area contributed by atoms with Gasteiger partial charge in [-0.1, -0.05) is 17.7 Å². The first-order valence-corrected chi connectivity index (χ1v) is 5.30. The van der Waals surface area contributed by atoms with Crippen LogP contribution in [-0.2, 0) is 0 Å². The van der Waals surface area contributed by atoms with E-state index in [1.54, 1.807) is 0 Å². The molecule has 2 rings (SSSR count). The summed E-state index contributed by atoms with van der Waals surface area (Å²) in [7, 11) is 0. The number of hydrogen-bond acceptors (Lipinski definition) is 3. The maximum Gasteiger partial charge on any atom is 0.359 e. The number of carboxylic acid groups (broad SMARTS) is 1. The third-order valence-corrected chi connectivity index (χ3v) is 2.57. The molecule has 0 saturated heterocycles. The van der Waals surface area contributed by atoms with Crippen LogP contribution in [0, 0.1) is 6.92 Å². The number of carbonyl (C=O) groups is 1. The van der Waals surface area contributed by atoms with Gasteiger partial charge in [0.2, 0.25) is 5.69 Å². The molecule has 0 aliphatic rings. The largest absolute Gasteiger partial charge is 0.476 e. The van der Waals surface area contributed by atoms with Crippen LogP contribution in [0.1, 0.15) is 16.1 Å². The molecule has 0 bridgehead atoms. The van der Waals surface area contributed by atoms with E-state index in [0.717, 1.165) is 11.3 Å². The Balaban J connectivity index is 2.45. The highest BCUT2D eigenvalue weighted by molar-refractivity contribution is 9.10. The lowest BCUT2D eigenvalue weighted by molar-refractivity contribution is 0.0689. The average Bonchev–Trinajstić information content (AvgIpc) is 2.61. The maximum absolute atomic E-state index is 10.8. The third kappa shape index (κ3) is 1.96. The molecule has 82 valence electrons. The molecule has 1 N–H and O–H groups in total. The summed E-state index contributed by atoms with van der Waals surface area (Å²) in [6.45, 7) is 1.97. The number of aromatic carboxylic acids is 1. The molecule has 0 fully saturated rings. The van der Waals surface area contributed by atoms with Crippen LogP contribution in [0.4, 0.5) is 0 Å². The van der Waals surface area contributed by atoms with Crippen molar-refractivity contribution in [2.45, 2.75) is 6.92 Å². The molecule has 0 amide bonds. The summed E-state index contributed by atoms with van der Waals surface area (Å²) in [5, 5.41) is 16.7. The van der Waals surface area contributed by atoms with E-state index in [4.69, 9.17) is 5.11 Å². The fourth-order valence-electron chi connectivity index (χ4n) is 1.21. The predicted molar refractivity (Wildman–Crippen MR) is 60.8 cm³/mol. The number of halogens is 1. The average molecular weight is 282 g/mol. The Morgan fingerprint density at radius 2 is 1.94 bits per heavy atom. The Bertz CT molecular complexity index is 533. The van der Waals surface area contributed by atoms with E-state index in [1.165, 1.54) is 4.80 Å². The van der Waals surface area contributed by atoms with Gasteiger partial charge in [-0.15, -0.1) is 15.0 Å². The van der Waals surface area contributed by atoms with Crippen LogP contribution >= 0.6 is 15.9 Å². The minimum atomic E-state index is -1.11. The van der Waals surface area contributed by atoms with Crippen molar-refractivity contribution in [1.29, 1.82) is 0 Å². The van der Waals surface area contributed by atoms with Crippen LogP contribution in [0.25, 0.3) is 5.69 Å². The lowest BCUT2D eigenvalue weighted by Crippen LogP contribution is -2.02. The summed E-state index contributed by atoms with van der Waals surface area (Å²) in [5.74, 6) is -1.11. The van der Waals surface area contributed by atoms with Crippen LogP contribution in [-0.4, -0.2) is 26.1 Å². The van der Waals surface area contributed by atoms with Crippen molar-refractivity contribution < 1.29 is 9.90 Å². The van der Waals surface area contributed by atoms with E-state index < -0.39 is 5.97 Å². The summed E-state index contributed by atoms with van der Waals surface area (Å²) in [4.78, 5) is 12.1. The highest BCUT2D eigenvalue weighted by Crippen LogP contribution is 2.14. The Morgan fingerprint density at radius 3 is 2.44 bits per heavy atom. The molecule has 0 spiro atoms. The standard InChI is InChI=1S/C10H8BrN3O2/c1-6-2-4-7(5-3-6)14-12-8(10(15)16)9(11)13-14/h2-5H,1H3,(H,15,16). The zero-order chi connectivity index (χ0) is 11.7. The van der Waals surface area contributed by atoms with E-state index in [2.05, 4.69) is 26.1 Å². The van der Waals surface area contributed by atoms with Crippen molar-refractivity contribution in [2.24, 2.45) is 0 Å². The van der Waals surface area contributed by atoms with Crippen LogP contribution < -0.4 is 0 Å². The van der Waals surface area contributed by atoms with Crippen molar-refractivity contribution in [1.82, 2.24) is 15.0 Å². The van der Waals surface area contributed by atoms with Crippen molar-refractivity contribution >= 4 is 21.9 Å². The molecule has 0 saturated carbocycles. The molecule has 1 heterocycles. The van der Waals surface area contributed by atoms with Gasteiger partial charge in [-0.05, 0) is 35.0 Å². The van der Waals surface area contributed by atoms with Crippen LogP contribution in [0.5, 0.6) is 0 Å². The van der Waals surface area contributed by atoms with Gasteiger partial charge in [-0.25, -0.2) is 4.79 Å². The SMILES string of the molecule is Cc1ccc(-n2nc(Br)c(C(=O)O)n2)cc1. The number of benzene rings is 1. The highest BCUT2D eigenvalue weighted by Gasteiger charge is 2.15. The van der Waals surface area contributed by atoms with E-state index >= 15 is 0 Å². The van der Waals surface area contributed by atoms with Gasteiger partial charge in [0, 0.05) is 0 Å². The van der Waals surface area contributed by atoms with Crippen molar-refractivity contribution in [3.8, 4) is 5.69 Å². The van der Waals surface area contributed by atoms with E-state index in [-0.39, 0.29) is 10.3 Å². The Morgan fingerprint density at radius 1 is 1.31 bits per heavy atom. The first kappa shape index (κ1) is 10.8. The first-order chi connectivity index (χ1) is 7.58. The number of nitrogens with zero attached hydrogens (tertiary/aromatic N) is 3. The zero-order valence-electron chi connectivity index (χ0n) is 8.38. The molecule has 0 aliphatic carbocycles. The second-order valence-corrected chi connectivity index (χ2v) is 4.02. The summed E-state index contributed by atoms with van der Waals surface area (Å²) in [5.41, 5.74) is 1.74. The number of carboxylic acids is 1. The molecule has 1 aromatic carbocycles. The molecule has 6 heteroatoms. The minimum absolute atomic E-state index is 0.0967. The third-order valence-electron chi connectivity index (χ3n) is 2.04. The lowest BCUT2D eigenvalue weighted by Gasteiger charge is -1.98. The van der Waals surface area contributed by atoms with E-state index in [9.17, 15) is 4.79 Å². The normalized spacial score (nSPS) is 10.4. The van der Waals surface area contributed by atoms with Crippen molar-refractivity contribution in [2.75, 3.05) is 0 Å². The Hall–Kier alpha value is -1.69. The molecule has 0 radical (unpaired) electrons. The molecule has 1 aromatic heterocycles. The van der Waals surface area contributed by atoms with Gasteiger partial charge in [-0.3, -0.25) is 0 Å². The maximum atomic E-state index is 10.8. The van der Waals surface area contributed by atoms with Gasteiger partial charge < -0.3 is 5.11 Å². The molecule has 0 aliphatic heterocycles. The van der Waals surface area contributed by atoms with Gasteiger partial charge in [-0.2, -0.15) is 0 Å². The van der Waals surface area contributed by atoms with Crippen LogP contribution in [0.15, 0.2) is 28.9 Å². The molecular weight excluding hydrogens is 274 g/mol. The highest BCUT2D eigenvalue weighted by atomic mass is 79.9. The summed E-state index contributed by atoms with van der Waals surface area (Å²) in [6, 6.07) is 7.47. The van der Waals surface area contributed by atoms with E-state index in [0.29, 0.717) is 0 Å². The molecule has 0 unspecified atom stereocenters. The van der Waals surface area contributed by atoms with Crippen molar-refractivity contribution in [3.05, 3.63) is 40.1 Å². The summed E-state index contributed by atoms with van der Waals surface area (Å²) >= 11 is 3.05. The quantitative estimate of drug-likeness (QED) is 0.915. The molecule has 0 atom stereocenters. The Labute approximate surface area is 99.8 Å². The number of aromatic nitrogens is 3. The van der Waals surface area contributed by atoms with Gasteiger partial charge in [0.15, 0.2) is 4.60 Å². The van der Waals surface area contributed by atoms with Gasteiger partial charge >= 0.3 is 5.97 Å². The van der Waals surface area contributed by atoms with Gasteiger partial charge in [0.25, 0.3) is 0 Å². The van der Waals surface area contributed by atoms with Gasteiger partial charge in [0.05, 0.1) is 5.69 Å². The smallest absolute Gasteiger partial charge is 0.359 e. The second-order valence-electron chi connectivity index (χ2n) is 3.27. The van der Waals surface area contributed by atoms with E-state index in [1.807, 2.05) is 31.2 Å². The van der Waals surface area contributed by atoms with Crippen molar-refractivity contribution in [3.63, 3.8) is 0 Å². The first-order valence-electron chi connectivity index (χ1n) is 4.51. The lowest BCUT2D eigenvalue weighted by atomic mass is 10.2. The molecular formula is C10H8BrN3O2. The van der Waals surface area contributed by atoms with Crippen LogP contribution in [0.2, 0.25) is 0 Å². The molecule has 5 nitrogen and oxygen atoms in total. The number of rotatable bonds is 2. The monoisotopic (exact) mass is 281 g/mol. The number of aryl methyl sites for hydroxylation is 1. The fraction of sp³-hybridized carbons (Fsp3) is 0.100.